The fourth-order valence-electron chi connectivity index (χ4n) is 2.84. The molecule has 0 aliphatic carbocycles. The van der Waals surface area contributed by atoms with Crippen LogP contribution >= 0.6 is 0 Å². The molecule has 0 aliphatic rings. The summed E-state index contributed by atoms with van der Waals surface area (Å²) >= 11 is 0. The predicted molar refractivity (Wildman–Crippen MR) is 118 cm³/mol. The first-order valence-electron chi connectivity index (χ1n) is 9.78. The Morgan fingerprint density at radius 3 is 2.31 bits per heavy atom. The van der Waals surface area contributed by atoms with Crippen LogP contribution in [-0.4, -0.2) is 39.4 Å². The van der Waals surface area contributed by atoms with Crippen LogP contribution in [0.3, 0.4) is 0 Å². The molecular formula is C23H33N3O3. The van der Waals surface area contributed by atoms with Gasteiger partial charge in [-0.1, -0.05) is 24.3 Å². The van der Waals surface area contributed by atoms with Crippen molar-refractivity contribution < 1.29 is 14.2 Å². The Morgan fingerprint density at radius 1 is 0.931 bits per heavy atom. The van der Waals surface area contributed by atoms with Crippen LogP contribution < -0.4 is 24.8 Å². The van der Waals surface area contributed by atoms with Crippen LogP contribution in [0.1, 0.15) is 31.9 Å². The van der Waals surface area contributed by atoms with Crippen molar-refractivity contribution in [1.29, 1.82) is 0 Å². The van der Waals surface area contributed by atoms with Gasteiger partial charge in [-0.05, 0) is 51.0 Å². The fourth-order valence-corrected chi connectivity index (χ4v) is 2.84. The summed E-state index contributed by atoms with van der Waals surface area (Å²) in [4.78, 5) is 4.31. The molecule has 2 N–H and O–H groups in total. The van der Waals surface area contributed by atoms with Gasteiger partial charge in [-0.2, -0.15) is 0 Å². The lowest BCUT2D eigenvalue weighted by Gasteiger charge is -2.23. The highest BCUT2D eigenvalue weighted by molar-refractivity contribution is 5.79. The summed E-state index contributed by atoms with van der Waals surface area (Å²) in [5, 5.41) is 6.70. The van der Waals surface area contributed by atoms with Gasteiger partial charge in [-0.3, -0.25) is 4.99 Å². The molecule has 0 fully saturated rings. The summed E-state index contributed by atoms with van der Waals surface area (Å²) < 4.78 is 16.7. The van der Waals surface area contributed by atoms with Crippen molar-refractivity contribution in [3.63, 3.8) is 0 Å². The molecule has 0 atom stereocenters. The predicted octanol–water partition coefficient (Wildman–Crippen LogP) is 3.79. The Labute approximate surface area is 174 Å². The van der Waals surface area contributed by atoms with E-state index in [1.807, 2.05) is 57.2 Å². The average Bonchev–Trinajstić information content (AvgIpc) is 2.70. The highest BCUT2D eigenvalue weighted by atomic mass is 16.5. The van der Waals surface area contributed by atoms with E-state index in [0.29, 0.717) is 6.54 Å². The van der Waals surface area contributed by atoms with Gasteiger partial charge < -0.3 is 24.8 Å². The Bertz CT molecular complexity index is 813. The molecule has 0 radical (unpaired) electrons. The van der Waals surface area contributed by atoms with Crippen molar-refractivity contribution in [1.82, 2.24) is 10.6 Å². The summed E-state index contributed by atoms with van der Waals surface area (Å²) in [5.74, 6) is 3.10. The smallest absolute Gasteiger partial charge is 0.191 e. The summed E-state index contributed by atoms with van der Waals surface area (Å²) in [6.07, 6.45) is 0.838. The second kappa shape index (κ2) is 10.6. The number of ether oxygens (including phenoxy) is 3. The molecule has 0 spiro atoms. The fraction of sp³-hybridized carbons (Fsp3) is 0.435. The zero-order valence-corrected chi connectivity index (χ0v) is 18.3. The van der Waals surface area contributed by atoms with Crippen molar-refractivity contribution in [2.45, 2.75) is 39.3 Å². The van der Waals surface area contributed by atoms with Crippen molar-refractivity contribution in [2.75, 3.05) is 27.8 Å². The van der Waals surface area contributed by atoms with Crippen LogP contribution in [0.2, 0.25) is 0 Å². The first kappa shape index (κ1) is 22.4. The van der Waals surface area contributed by atoms with E-state index in [4.69, 9.17) is 14.2 Å². The number of rotatable bonds is 8. The topological polar surface area (TPSA) is 64.1 Å². The maximum atomic E-state index is 6.06. The average molecular weight is 400 g/mol. The number of benzene rings is 2. The third kappa shape index (κ3) is 7.22. The number of guanidine groups is 1. The number of para-hydroxylation sites is 1. The summed E-state index contributed by atoms with van der Waals surface area (Å²) in [6, 6.07) is 14.0. The second-order valence-electron chi connectivity index (χ2n) is 7.61. The van der Waals surface area contributed by atoms with Crippen molar-refractivity contribution >= 4 is 5.96 Å². The maximum absolute atomic E-state index is 6.06. The van der Waals surface area contributed by atoms with E-state index in [1.54, 1.807) is 21.3 Å². The molecule has 6 nitrogen and oxygen atoms in total. The minimum atomic E-state index is -0.241. The molecule has 2 rings (SSSR count). The lowest BCUT2D eigenvalue weighted by Crippen LogP contribution is -2.38. The van der Waals surface area contributed by atoms with Gasteiger partial charge in [0.05, 0.1) is 14.2 Å². The van der Waals surface area contributed by atoms with E-state index in [1.165, 1.54) is 0 Å². The molecule has 6 heteroatoms. The van der Waals surface area contributed by atoms with Gasteiger partial charge in [0, 0.05) is 25.7 Å². The number of nitrogens with one attached hydrogen (secondary N) is 2. The second-order valence-corrected chi connectivity index (χ2v) is 7.61. The number of hydrogen-bond donors (Lipinski definition) is 2. The van der Waals surface area contributed by atoms with E-state index in [0.717, 1.165) is 47.3 Å². The van der Waals surface area contributed by atoms with Crippen LogP contribution in [0, 0.1) is 0 Å². The van der Waals surface area contributed by atoms with Gasteiger partial charge in [0.1, 0.15) is 11.4 Å². The molecule has 0 saturated heterocycles. The van der Waals surface area contributed by atoms with Gasteiger partial charge >= 0.3 is 0 Å². The van der Waals surface area contributed by atoms with Crippen LogP contribution in [0.5, 0.6) is 17.2 Å². The van der Waals surface area contributed by atoms with Crippen molar-refractivity contribution in [3.8, 4) is 17.2 Å². The minimum Gasteiger partial charge on any atom is -0.493 e. The van der Waals surface area contributed by atoms with Gasteiger partial charge in [0.15, 0.2) is 17.5 Å². The minimum absolute atomic E-state index is 0.241. The molecule has 0 saturated carbocycles. The van der Waals surface area contributed by atoms with E-state index in [9.17, 15) is 0 Å². The lowest BCUT2D eigenvalue weighted by atomic mass is 10.1. The standard InChI is InChI=1S/C23H33N3O3/c1-23(2,3)29-19-10-8-7-9-18(19)16-26-22(24-4)25-14-13-17-11-12-20(27-5)21(15-17)28-6/h7-12,15H,13-14,16H2,1-6H3,(H2,24,25,26). The molecule has 158 valence electrons. The Morgan fingerprint density at radius 2 is 1.66 bits per heavy atom. The molecular weight excluding hydrogens is 366 g/mol. The molecule has 0 aromatic heterocycles. The van der Waals surface area contributed by atoms with Gasteiger partial charge in [0.25, 0.3) is 0 Å². The quantitative estimate of drug-likeness (QED) is 0.522. The third-order valence-corrected chi connectivity index (χ3v) is 4.21. The van der Waals surface area contributed by atoms with Crippen molar-refractivity contribution in [3.05, 3.63) is 53.6 Å². The largest absolute Gasteiger partial charge is 0.493 e. The molecule has 0 heterocycles. The van der Waals surface area contributed by atoms with Gasteiger partial charge in [-0.25, -0.2) is 0 Å². The lowest BCUT2D eigenvalue weighted by molar-refractivity contribution is 0.129. The maximum Gasteiger partial charge on any atom is 0.191 e. The molecule has 0 bridgehead atoms. The first-order chi connectivity index (χ1) is 13.9. The van der Waals surface area contributed by atoms with E-state index >= 15 is 0 Å². The van der Waals surface area contributed by atoms with Crippen LogP contribution in [-0.2, 0) is 13.0 Å². The zero-order valence-electron chi connectivity index (χ0n) is 18.3. The molecule has 29 heavy (non-hydrogen) atoms. The first-order valence-corrected chi connectivity index (χ1v) is 9.78. The highest BCUT2D eigenvalue weighted by Crippen LogP contribution is 2.27. The van der Waals surface area contributed by atoms with Gasteiger partial charge in [-0.15, -0.1) is 0 Å². The molecule has 0 aliphatic heterocycles. The summed E-state index contributed by atoms with van der Waals surface area (Å²) in [7, 11) is 5.05. The highest BCUT2D eigenvalue weighted by Gasteiger charge is 2.14. The third-order valence-electron chi connectivity index (χ3n) is 4.21. The Hall–Kier alpha value is -2.89. The van der Waals surface area contributed by atoms with Crippen LogP contribution in [0.4, 0.5) is 0 Å². The molecule has 2 aromatic rings. The van der Waals surface area contributed by atoms with Crippen LogP contribution in [0.25, 0.3) is 0 Å². The van der Waals surface area contributed by atoms with Gasteiger partial charge in [0.2, 0.25) is 0 Å². The molecule has 0 unspecified atom stereocenters. The zero-order chi connectivity index (χ0) is 21.3. The Kier molecular flexibility index (Phi) is 8.19. The summed E-state index contributed by atoms with van der Waals surface area (Å²) in [5.41, 5.74) is 2.01. The SMILES string of the molecule is CN=C(NCCc1ccc(OC)c(OC)c1)NCc1ccccc1OC(C)(C)C. The molecule has 0 amide bonds. The van der Waals surface area contributed by atoms with E-state index in [-0.39, 0.29) is 5.60 Å². The van der Waals surface area contributed by atoms with E-state index in [2.05, 4.69) is 21.7 Å². The normalized spacial score (nSPS) is 11.7. The summed E-state index contributed by atoms with van der Waals surface area (Å²) in [6.45, 7) is 7.52. The number of nitrogens with zero attached hydrogens (tertiary/aromatic N) is 1. The monoisotopic (exact) mass is 399 g/mol. The number of hydrogen-bond acceptors (Lipinski definition) is 4. The number of methoxy groups -OCH3 is 2. The van der Waals surface area contributed by atoms with Crippen LogP contribution in [0.15, 0.2) is 47.5 Å². The molecule has 2 aromatic carbocycles. The van der Waals surface area contributed by atoms with E-state index < -0.39 is 0 Å². The van der Waals surface area contributed by atoms with Crippen molar-refractivity contribution in [2.24, 2.45) is 4.99 Å². The Balaban J connectivity index is 1.89. The number of aliphatic imine (C=N–C) groups is 1.